The van der Waals surface area contributed by atoms with Crippen LogP contribution in [0.2, 0.25) is 0 Å². The fourth-order valence-corrected chi connectivity index (χ4v) is 1.30. The zero-order chi connectivity index (χ0) is 15.2. The van der Waals surface area contributed by atoms with Crippen molar-refractivity contribution in [3.63, 3.8) is 0 Å². The molecule has 0 saturated carbocycles. The summed E-state index contributed by atoms with van der Waals surface area (Å²) in [5, 5.41) is 2.42. The summed E-state index contributed by atoms with van der Waals surface area (Å²) in [4.78, 5) is 27.1. The third kappa shape index (κ3) is 6.17. The number of hydrogen-bond donors (Lipinski definition) is 1. The van der Waals surface area contributed by atoms with Crippen LogP contribution in [-0.2, 0) is 20.9 Å². The van der Waals surface area contributed by atoms with Crippen LogP contribution < -0.4 is 5.32 Å². The first-order valence-electron chi connectivity index (χ1n) is 6.33. The molecule has 1 aromatic rings. The molecule has 0 saturated heterocycles. The normalized spacial score (nSPS) is 12.4. The van der Waals surface area contributed by atoms with Crippen LogP contribution in [0.1, 0.15) is 33.3 Å². The van der Waals surface area contributed by atoms with Gasteiger partial charge in [-0.3, -0.25) is 4.98 Å². The maximum absolute atomic E-state index is 11.7. The Bertz CT molecular complexity index is 454. The van der Waals surface area contributed by atoms with Gasteiger partial charge in [0.15, 0.2) is 0 Å². The van der Waals surface area contributed by atoms with E-state index in [4.69, 9.17) is 9.47 Å². The van der Waals surface area contributed by atoms with Gasteiger partial charge in [-0.05, 0) is 45.4 Å². The Labute approximate surface area is 118 Å². The number of esters is 1. The number of ether oxygens (including phenoxy) is 2. The van der Waals surface area contributed by atoms with Crippen LogP contribution in [0.4, 0.5) is 4.79 Å². The van der Waals surface area contributed by atoms with E-state index in [0.717, 1.165) is 5.56 Å². The fraction of sp³-hybridized carbons (Fsp3) is 0.500. The first-order valence-corrected chi connectivity index (χ1v) is 6.33. The second-order valence-corrected chi connectivity index (χ2v) is 5.33. The van der Waals surface area contributed by atoms with E-state index in [1.54, 1.807) is 52.2 Å². The average molecular weight is 280 g/mol. The molecule has 0 bridgehead atoms. The summed E-state index contributed by atoms with van der Waals surface area (Å²) in [6.07, 6.45) is 2.59. The monoisotopic (exact) mass is 280 g/mol. The molecule has 6 heteroatoms. The highest BCUT2D eigenvalue weighted by Crippen LogP contribution is 2.07. The van der Waals surface area contributed by atoms with Crippen molar-refractivity contribution in [2.45, 2.75) is 45.9 Å². The second kappa shape index (κ2) is 6.88. The molecule has 20 heavy (non-hydrogen) atoms. The van der Waals surface area contributed by atoms with Gasteiger partial charge < -0.3 is 14.8 Å². The van der Waals surface area contributed by atoms with E-state index in [0.29, 0.717) is 0 Å². The number of aromatic nitrogens is 1. The van der Waals surface area contributed by atoms with E-state index in [9.17, 15) is 9.59 Å². The molecule has 0 radical (unpaired) electrons. The average Bonchev–Trinajstić information content (AvgIpc) is 2.34. The molecular formula is C14H20N2O4. The second-order valence-electron chi connectivity index (χ2n) is 5.33. The van der Waals surface area contributed by atoms with Crippen molar-refractivity contribution in [3.8, 4) is 0 Å². The summed E-state index contributed by atoms with van der Waals surface area (Å²) in [6.45, 7) is 6.93. The van der Waals surface area contributed by atoms with Crippen molar-refractivity contribution in [3.05, 3.63) is 30.1 Å². The summed E-state index contributed by atoms with van der Waals surface area (Å²) in [7, 11) is 0. The van der Waals surface area contributed by atoms with Crippen LogP contribution in [0, 0.1) is 0 Å². The predicted octanol–water partition coefficient (Wildman–Crippen LogP) is 2.04. The number of carbonyl (C=O) groups excluding carboxylic acids is 2. The van der Waals surface area contributed by atoms with Gasteiger partial charge in [-0.15, -0.1) is 0 Å². The zero-order valence-electron chi connectivity index (χ0n) is 12.2. The minimum atomic E-state index is -0.772. The molecule has 110 valence electrons. The highest BCUT2D eigenvalue weighted by molar-refractivity contribution is 5.81. The van der Waals surface area contributed by atoms with Gasteiger partial charge in [0.2, 0.25) is 0 Å². The number of hydrogen-bond acceptors (Lipinski definition) is 5. The first kappa shape index (κ1) is 15.9. The van der Waals surface area contributed by atoms with Crippen molar-refractivity contribution in [2.75, 3.05) is 0 Å². The number of amides is 1. The van der Waals surface area contributed by atoms with E-state index in [1.165, 1.54) is 0 Å². The summed E-state index contributed by atoms with van der Waals surface area (Å²) in [5.74, 6) is -0.521. The molecule has 1 heterocycles. The number of nitrogens with zero attached hydrogens (tertiary/aromatic N) is 1. The van der Waals surface area contributed by atoms with Crippen LogP contribution in [0.25, 0.3) is 0 Å². The molecule has 0 aromatic carbocycles. The van der Waals surface area contributed by atoms with Crippen molar-refractivity contribution < 1.29 is 19.1 Å². The third-order valence-electron chi connectivity index (χ3n) is 2.22. The quantitative estimate of drug-likeness (QED) is 0.854. The molecule has 1 aromatic heterocycles. The van der Waals surface area contributed by atoms with E-state index in [-0.39, 0.29) is 6.61 Å². The lowest BCUT2D eigenvalue weighted by Crippen LogP contribution is -2.42. The largest absolute Gasteiger partial charge is 0.459 e. The molecule has 1 rings (SSSR count). The van der Waals surface area contributed by atoms with Crippen molar-refractivity contribution in [2.24, 2.45) is 0 Å². The van der Waals surface area contributed by atoms with Gasteiger partial charge >= 0.3 is 12.1 Å². The van der Waals surface area contributed by atoms with Gasteiger partial charge in [0.05, 0.1) is 0 Å². The molecule has 0 fully saturated rings. The van der Waals surface area contributed by atoms with Crippen molar-refractivity contribution in [1.82, 2.24) is 10.3 Å². The van der Waals surface area contributed by atoms with E-state index >= 15 is 0 Å². The Morgan fingerprint density at radius 3 is 2.45 bits per heavy atom. The minimum Gasteiger partial charge on any atom is -0.459 e. The molecule has 0 aliphatic rings. The Kier molecular flexibility index (Phi) is 5.49. The topological polar surface area (TPSA) is 77.5 Å². The standard InChI is InChI=1S/C14H20N2O4/c1-10(16-13(18)20-14(2,3)4)12(17)19-9-11-5-7-15-8-6-11/h5-8,10H,9H2,1-4H3,(H,16,18). The lowest BCUT2D eigenvalue weighted by Gasteiger charge is -2.21. The Hall–Kier alpha value is -2.11. The Morgan fingerprint density at radius 1 is 1.30 bits per heavy atom. The van der Waals surface area contributed by atoms with Crippen LogP contribution >= 0.6 is 0 Å². The van der Waals surface area contributed by atoms with Crippen molar-refractivity contribution >= 4 is 12.1 Å². The summed E-state index contributed by atoms with van der Waals surface area (Å²) in [5.41, 5.74) is 0.225. The molecule has 1 amide bonds. The van der Waals surface area contributed by atoms with Gasteiger partial charge in [-0.1, -0.05) is 0 Å². The number of rotatable bonds is 4. The summed E-state index contributed by atoms with van der Waals surface area (Å²) >= 11 is 0. The smallest absolute Gasteiger partial charge is 0.408 e. The van der Waals surface area contributed by atoms with Crippen LogP contribution in [0.15, 0.2) is 24.5 Å². The molecule has 0 aliphatic heterocycles. The molecule has 0 aliphatic carbocycles. The first-order chi connectivity index (χ1) is 9.28. The van der Waals surface area contributed by atoms with E-state index in [2.05, 4.69) is 10.3 Å². The highest BCUT2D eigenvalue weighted by atomic mass is 16.6. The highest BCUT2D eigenvalue weighted by Gasteiger charge is 2.21. The Morgan fingerprint density at radius 2 is 1.90 bits per heavy atom. The molecular weight excluding hydrogens is 260 g/mol. The summed E-state index contributed by atoms with van der Waals surface area (Å²) in [6, 6.07) is 2.73. The van der Waals surface area contributed by atoms with Gasteiger partial charge in [-0.25, -0.2) is 9.59 Å². The third-order valence-corrected chi connectivity index (χ3v) is 2.22. The fourth-order valence-electron chi connectivity index (χ4n) is 1.30. The zero-order valence-corrected chi connectivity index (χ0v) is 12.2. The van der Waals surface area contributed by atoms with Gasteiger partial charge in [0.25, 0.3) is 0 Å². The van der Waals surface area contributed by atoms with Crippen LogP contribution in [-0.4, -0.2) is 28.7 Å². The van der Waals surface area contributed by atoms with Gasteiger partial charge in [0.1, 0.15) is 18.2 Å². The van der Waals surface area contributed by atoms with E-state index < -0.39 is 23.7 Å². The van der Waals surface area contributed by atoms with Crippen molar-refractivity contribution in [1.29, 1.82) is 0 Å². The summed E-state index contributed by atoms with van der Waals surface area (Å²) < 4.78 is 10.1. The van der Waals surface area contributed by atoms with E-state index in [1.807, 2.05) is 0 Å². The predicted molar refractivity (Wildman–Crippen MR) is 72.9 cm³/mol. The van der Waals surface area contributed by atoms with Crippen LogP contribution in [0.5, 0.6) is 0 Å². The van der Waals surface area contributed by atoms with Gasteiger partial charge in [-0.2, -0.15) is 0 Å². The molecule has 1 N–H and O–H groups in total. The maximum atomic E-state index is 11.7. The lowest BCUT2D eigenvalue weighted by atomic mass is 10.2. The molecule has 1 atom stereocenters. The number of alkyl carbamates (subject to hydrolysis) is 1. The Balaban J connectivity index is 2.38. The lowest BCUT2D eigenvalue weighted by molar-refractivity contribution is -0.147. The molecule has 0 spiro atoms. The number of pyridine rings is 1. The SMILES string of the molecule is CC(NC(=O)OC(C)(C)C)C(=O)OCc1ccncc1. The van der Waals surface area contributed by atoms with Crippen LogP contribution in [0.3, 0.4) is 0 Å². The molecule has 1 unspecified atom stereocenters. The maximum Gasteiger partial charge on any atom is 0.408 e. The molecule has 6 nitrogen and oxygen atoms in total. The van der Waals surface area contributed by atoms with Gasteiger partial charge in [0, 0.05) is 12.4 Å². The number of carbonyl (C=O) groups is 2. The minimum absolute atomic E-state index is 0.141. The number of nitrogens with one attached hydrogen (secondary N) is 1.